The minimum Gasteiger partial charge on any atom is -0.227 e. The Morgan fingerprint density at radius 2 is 2.06 bits per heavy atom. The van der Waals surface area contributed by atoms with Crippen molar-refractivity contribution in [3.63, 3.8) is 0 Å². The van der Waals surface area contributed by atoms with Crippen LogP contribution in [0.1, 0.15) is 5.69 Å². The second-order valence-corrected chi connectivity index (χ2v) is 4.84. The van der Waals surface area contributed by atoms with Crippen molar-refractivity contribution in [3.05, 3.63) is 52.5 Å². The first-order valence-electron chi connectivity index (χ1n) is 5.42. The lowest BCUT2D eigenvalue weighted by Gasteiger charge is -2.05. The summed E-state index contributed by atoms with van der Waals surface area (Å²) >= 11 is 3.39. The van der Waals surface area contributed by atoms with Crippen LogP contribution in [-0.2, 0) is 0 Å². The Morgan fingerprint density at radius 1 is 1.28 bits per heavy atom. The van der Waals surface area contributed by atoms with Gasteiger partial charge in [0, 0.05) is 11.3 Å². The molecule has 3 aromatic rings. The molecule has 0 spiro atoms. The van der Waals surface area contributed by atoms with Gasteiger partial charge in [0.05, 0.1) is 16.4 Å². The van der Waals surface area contributed by atoms with E-state index in [0.717, 1.165) is 10.2 Å². The summed E-state index contributed by atoms with van der Waals surface area (Å²) in [6.07, 6.45) is 1.68. The molecule has 0 bridgehead atoms. The van der Waals surface area contributed by atoms with E-state index in [9.17, 15) is 4.39 Å². The van der Waals surface area contributed by atoms with Crippen LogP contribution in [0.2, 0.25) is 0 Å². The molecule has 0 aliphatic rings. The molecule has 0 saturated carbocycles. The van der Waals surface area contributed by atoms with Gasteiger partial charge in [0.15, 0.2) is 5.65 Å². The molecule has 2 aromatic heterocycles. The molecule has 0 aliphatic carbocycles. The zero-order valence-corrected chi connectivity index (χ0v) is 11.1. The van der Waals surface area contributed by atoms with Crippen molar-refractivity contribution in [2.45, 2.75) is 6.92 Å². The van der Waals surface area contributed by atoms with Crippen LogP contribution in [0.4, 0.5) is 4.39 Å². The predicted molar refractivity (Wildman–Crippen MR) is 70.8 cm³/mol. The molecule has 1 aromatic carbocycles. The molecule has 0 saturated heterocycles. The third-order valence-corrected chi connectivity index (χ3v) is 3.32. The van der Waals surface area contributed by atoms with Gasteiger partial charge >= 0.3 is 0 Å². The van der Waals surface area contributed by atoms with Crippen LogP contribution >= 0.6 is 15.9 Å². The number of hydrogen-bond donors (Lipinski definition) is 0. The quantitative estimate of drug-likeness (QED) is 0.687. The maximum Gasteiger partial charge on any atom is 0.170 e. The number of aryl methyl sites for hydroxylation is 1. The van der Waals surface area contributed by atoms with Gasteiger partial charge in [-0.3, -0.25) is 0 Å². The summed E-state index contributed by atoms with van der Waals surface area (Å²) in [6, 6.07) is 8.44. The second kappa shape index (κ2) is 4.17. The Bertz CT molecular complexity index is 736. The van der Waals surface area contributed by atoms with Gasteiger partial charge in [0.2, 0.25) is 0 Å². The predicted octanol–water partition coefficient (Wildman–Crippen LogP) is 3.61. The third kappa shape index (κ3) is 1.71. The third-order valence-electron chi connectivity index (χ3n) is 2.76. The molecule has 0 radical (unpaired) electrons. The maximum absolute atomic E-state index is 13.8. The summed E-state index contributed by atoms with van der Waals surface area (Å²) in [5.41, 5.74) is 2.70. The Balaban J connectivity index is 2.31. The van der Waals surface area contributed by atoms with E-state index < -0.39 is 0 Å². The SMILES string of the molecule is Cc1cc(-c2ccccc2F)nc2c(Br)cnn12. The van der Waals surface area contributed by atoms with Crippen molar-refractivity contribution < 1.29 is 4.39 Å². The van der Waals surface area contributed by atoms with E-state index in [1.54, 1.807) is 28.9 Å². The number of rotatable bonds is 1. The van der Waals surface area contributed by atoms with Gasteiger partial charge < -0.3 is 0 Å². The van der Waals surface area contributed by atoms with E-state index in [-0.39, 0.29) is 5.82 Å². The van der Waals surface area contributed by atoms with E-state index in [4.69, 9.17) is 0 Å². The van der Waals surface area contributed by atoms with Gasteiger partial charge in [-0.1, -0.05) is 12.1 Å². The molecule has 5 heteroatoms. The second-order valence-electron chi connectivity index (χ2n) is 3.99. The zero-order chi connectivity index (χ0) is 12.7. The minimum absolute atomic E-state index is 0.274. The smallest absolute Gasteiger partial charge is 0.170 e. The van der Waals surface area contributed by atoms with Gasteiger partial charge in [-0.2, -0.15) is 5.10 Å². The fourth-order valence-electron chi connectivity index (χ4n) is 1.89. The van der Waals surface area contributed by atoms with Crippen molar-refractivity contribution in [1.82, 2.24) is 14.6 Å². The number of fused-ring (bicyclic) bond motifs is 1. The van der Waals surface area contributed by atoms with Crippen molar-refractivity contribution in [3.8, 4) is 11.3 Å². The average Bonchev–Trinajstić information content (AvgIpc) is 2.72. The molecule has 0 N–H and O–H groups in total. The summed E-state index contributed by atoms with van der Waals surface area (Å²) in [5.74, 6) is -0.274. The highest BCUT2D eigenvalue weighted by Gasteiger charge is 2.11. The summed E-state index contributed by atoms with van der Waals surface area (Å²) in [5, 5.41) is 4.19. The molecule has 0 aliphatic heterocycles. The maximum atomic E-state index is 13.8. The van der Waals surface area contributed by atoms with E-state index in [1.165, 1.54) is 6.07 Å². The molecule has 3 rings (SSSR count). The summed E-state index contributed by atoms with van der Waals surface area (Å²) in [4.78, 5) is 4.44. The van der Waals surface area contributed by atoms with Gasteiger partial charge in [0.1, 0.15) is 5.82 Å². The van der Waals surface area contributed by atoms with Crippen molar-refractivity contribution in [1.29, 1.82) is 0 Å². The number of benzene rings is 1. The van der Waals surface area contributed by atoms with E-state index in [0.29, 0.717) is 16.9 Å². The Hall–Kier alpha value is -1.75. The van der Waals surface area contributed by atoms with E-state index in [2.05, 4.69) is 26.0 Å². The molecule has 3 nitrogen and oxygen atoms in total. The lowest BCUT2D eigenvalue weighted by atomic mass is 10.1. The molecule has 0 amide bonds. The van der Waals surface area contributed by atoms with Crippen molar-refractivity contribution in [2.75, 3.05) is 0 Å². The van der Waals surface area contributed by atoms with Crippen molar-refractivity contribution in [2.24, 2.45) is 0 Å². The normalized spacial score (nSPS) is 11.1. The first-order valence-corrected chi connectivity index (χ1v) is 6.22. The first-order chi connectivity index (χ1) is 8.66. The molecule has 0 fully saturated rings. The highest BCUT2D eigenvalue weighted by Crippen LogP contribution is 2.24. The van der Waals surface area contributed by atoms with Crippen LogP contribution in [0.15, 0.2) is 41.0 Å². The lowest BCUT2D eigenvalue weighted by molar-refractivity contribution is 0.630. The highest BCUT2D eigenvalue weighted by atomic mass is 79.9. The largest absolute Gasteiger partial charge is 0.227 e. The topological polar surface area (TPSA) is 30.2 Å². The van der Waals surface area contributed by atoms with Crippen LogP contribution in [0.3, 0.4) is 0 Å². The standard InChI is InChI=1S/C13H9BrFN3/c1-8-6-12(9-4-2-3-5-11(9)15)17-13-10(14)7-16-18(8)13/h2-7H,1H3. The molecule has 18 heavy (non-hydrogen) atoms. The summed E-state index contributed by atoms with van der Waals surface area (Å²) in [7, 11) is 0. The number of hydrogen-bond acceptors (Lipinski definition) is 2. The number of halogens is 2. The molecular formula is C13H9BrFN3. The van der Waals surface area contributed by atoms with Crippen LogP contribution in [-0.4, -0.2) is 14.6 Å². The van der Waals surface area contributed by atoms with E-state index >= 15 is 0 Å². The Labute approximate surface area is 111 Å². The van der Waals surface area contributed by atoms with Crippen LogP contribution < -0.4 is 0 Å². The van der Waals surface area contributed by atoms with Gasteiger partial charge in [-0.15, -0.1) is 0 Å². The lowest BCUT2D eigenvalue weighted by Crippen LogP contribution is -1.98. The Kier molecular flexibility index (Phi) is 2.63. The fraction of sp³-hybridized carbons (Fsp3) is 0.0769. The number of aromatic nitrogens is 3. The first kappa shape index (κ1) is 11.3. The molecule has 0 unspecified atom stereocenters. The van der Waals surface area contributed by atoms with Gasteiger partial charge in [0.25, 0.3) is 0 Å². The fourth-order valence-corrected chi connectivity index (χ4v) is 2.24. The molecule has 2 heterocycles. The monoisotopic (exact) mass is 305 g/mol. The zero-order valence-electron chi connectivity index (χ0n) is 9.56. The van der Waals surface area contributed by atoms with Crippen LogP contribution in [0.25, 0.3) is 16.9 Å². The van der Waals surface area contributed by atoms with Gasteiger partial charge in [-0.25, -0.2) is 13.9 Å². The van der Waals surface area contributed by atoms with Gasteiger partial charge in [-0.05, 0) is 41.1 Å². The number of nitrogens with zero attached hydrogens (tertiary/aromatic N) is 3. The van der Waals surface area contributed by atoms with Crippen LogP contribution in [0.5, 0.6) is 0 Å². The molecular weight excluding hydrogens is 297 g/mol. The summed E-state index contributed by atoms with van der Waals surface area (Å²) in [6.45, 7) is 1.92. The average molecular weight is 306 g/mol. The minimum atomic E-state index is -0.274. The molecule has 90 valence electrons. The van der Waals surface area contributed by atoms with Crippen molar-refractivity contribution >= 4 is 21.6 Å². The van der Waals surface area contributed by atoms with Crippen LogP contribution in [0, 0.1) is 12.7 Å². The van der Waals surface area contributed by atoms with E-state index in [1.807, 2.05) is 13.0 Å². The molecule has 0 atom stereocenters. The Morgan fingerprint density at radius 3 is 2.83 bits per heavy atom. The highest BCUT2D eigenvalue weighted by molar-refractivity contribution is 9.10. The summed E-state index contributed by atoms with van der Waals surface area (Å²) < 4.78 is 16.3.